The molecule has 0 saturated heterocycles. The van der Waals surface area contributed by atoms with Crippen LogP contribution in [0.2, 0.25) is 0 Å². The van der Waals surface area contributed by atoms with E-state index >= 15 is 4.39 Å². The summed E-state index contributed by atoms with van der Waals surface area (Å²) < 4.78 is 35.7. The van der Waals surface area contributed by atoms with Crippen molar-refractivity contribution in [1.29, 1.82) is 5.26 Å². The van der Waals surface area contributed by atoms with Crippen molar-refractivity contribution >= 4 is 17.6 Å². The molecule has 2 N–H and O–H groups in total. The van der Waals surface area contributed by atoms with E-state index in [1.807, 2.05) is 6.07 Å². The van der Waals surface area contributed by atoms with Crippen molar-refractivity contribution in [3.05, 3.63) is 76.5 Å². The highest BCUT2D eigenvalue weighted by Crippen LogP contribution is 2.45. The normalized spacial score (nSPS) is 15.5. The molecule has 0 spiro atoms. The second-order valence-corrected chi connectivity index (χ2v) is 7.00. The highest BCUT2D eigenvalue weighted by atomic mass is 19.1. The molecule has 0 aromatic heterocycles. The van der Waals surface area contributed by atoms with Crippen LogP contribution in [-0.4, -0.2) is 40.4 Å². The van der Waals surface area contributed by atoms with Crippen LogP contribution in [0, 0.1) is 17.1 Å². The van der Waals surface area contributed by atoms with Crippen LogP contribution in [0.1, 0.15) is 11.5 Å². The highest BCUT2D eigenvalue weighted by Gasteiger charge is 2.44. The Labute approximate surface area is 195 Å². The number of rotatable bonds is 6. The van der Waals surface area contributed by atoms with E-state index in [1.165, 1.54) is 26.4 Å². The Balaban J connectivity index is 2.48. The molecule has 0 aliphatic carbocycles. The van der Waals surface area contributed by atoms with Gasteiger partial charge in [-0.25, -0.2) is 14.0 Å². The fraction of sp³-hybridized carbons (Fsp3) is 0.208. The lowest BCUT2D eigenvalue weighted by molar-refractivity contribution is -0.139. The molecule has 0 saturated carbocycles. The maximum atomic E-state index is 15.5. The maximum Gasteiger partial charge on any atom is 0.355 e. The molecule has 3 rings (SSSR count). The van der Waals surface area contributed by atoms with Gasteiger partial charge in [0.2, 0.25) is 0 Å². The van der Waals surface area contributed by atoms with Crippen LogP contribution in [-0.2, 0) is 19.1 Å². The first kappa shape index (κ1) is 24.1. The topological polar surface area (TPSA) is 124 Å². The molecular weight excluding hydrogens is 445 g/mol. The second kappa shape index (κ2) is 9.95. The minimum atomic E-state index is -1.07. The standard InChI is InChI=1S/C24H22FN3O6/c1-31-14-10-16(20(25)17(11-14)32-2)28-21(24(30)34-4)19(23(29)33-3)18(15(12-26)22(28)27)13-8-6-5-7-9-13/h5-11,18H,27H2,1-4H3. The molecule has 176 valence electrons. The molecule has 0 radical (unpaired) electrons. The van der Waals surface area contributed by atoms with Crippen molar-refractivity contribution in [1.82, 2.24) is 0 Å². The fourth-order valence-electron chi connectivity index (χ4n) is 3.75. The summed E-state index contributed by atoms with van der Waals surface area (Å²) >= 11 is 0. The summed E-state index contributed by atoms with van der Waals surface area (Å²) in [6.45, 7) is 0. The molecule has 1 atom stereocenters. The average Bonchev–Trinajstić information content (AvgIpc) is 2.87. The summed E-state index contributed by atoms with van der Waals surface area (Å²) in [6.07, 6.45) is 0. The van der Waals surface area contributed by atoms with Crippen molar-refractivity contribution in [3.8, 4) is 17.6 Å². The number of nitrogens with zero attached hydrogens (tertiary/aromatic N) is 2. The molecule has 1 aliphatic rings. The third-order valence-electron chi connectivity index (χ3n) is 5.30. The second-order valence-electron chi connectivity index (χ2n) is 7.00. The molecule has 1 heterocycles. The molecule has 10 heteroatoms. The number of halogens is 1. The zero-order valence-electron chi connectivity index (χ0n) is 18.9. The SMILES string of the molecule is COC(=O)C1=C(C(=O)OC)N(c2cc(OC)cc(OC)c2F)C(N)=C(C#N)C1c1ccccc1. The molecular formula is C24H22FN3O6. The Bertz CT molecular complexity index is 1230. The van der Waals surface area contributed by atoms with Crippen molar-refractivity contribution in [2.24, 2.45) is 5.73 Å². The quantitative estimate of drug-likeness (QED) is 0.639. The zero-order chi connectivity index (χ0) is 25.0. The first-order valence-corrected chi connectivity index (χ1v) is 9.91. The number of ether oxygens (including phenoxy) is 4. The Kier molecular flexibility index (Phi) is 7.06. The van der Waals surface area contributed by atoms with Gasteiger partial charge in [0.05, 0.1) is 57.3 Å². The minimum absolute atomic E-state index is 0.0968. The number of nitrogens with two attached hydrogens (primary N) is 1. The van der Waals surface area contributed by atoms with Crippen LogP contribution in [0.3, 0.4) is 0 Å². The van der Waals surface area contributed by atoms with Crippen LogP contribution in [0.25, 0.3) is 0 Å². The van der Waals surface area contributed by atoms with Crippen LogP contribution in [0.5, 0.6) is 11.5 Å². The van der Waals surface area contributed by atoms with Gasteiger partial charge < -0.3 is 24.7 Å². The van der Waals surface area contributed by atoms with Crippen LogP contribution < -0.4 is 20.1 Å². The van der Waals surface area contributed by atoms with E-state index in [0.29, 0.717) is 5.56 Å². The molecule has 2 aromatic carbocycles. The van der Waals surface area contributed by atoms with E-state index in [2.05, 4.69) is 0 Å². The molecule has 0 amide bonds. The number of hydrogen-bond acceptors (Lipinski definition) is 9. The summed E-state index contributed by atoms with van der Waals surface area (Å²) in [4.78, 5) is 27.0. The van der Waals surface area contributed by atoms with Gasteiger partial charge in [-0.2, -0.15) is 5.26 Å². The number of carbonyl (C=O) groups excluding carboxylic acids is 2. The van der Waals surface area contributed by atoms with E-state index in [1.54, 1.807) is 30.3 Å². The number of esters is 2. The van der Waals surface area contributed by atoms with Crippen molar-refractivity contribution < 1.29 is 32.9 Å². The van der Waals surface area contributed by atoms with Gasteiger partial charge in [-0.05, 0) is 5.56 Å². The molecule has 1 unspecified atom stereocenters. The summed E-state index contributed by atoms with van der Waals surface area (Å²) in [5.74, 6) is -4.22. The summed E-state index contributed by atoms with van der Waals surface area (Å²) in [7, 11) is 4.83. The Morgan fingerprint density at radius 1 is 1.03 bits per heavy atom. The van der Waals surface area contributed by atoms with Crippen LogP contribution >= 0.6 is 0 Å². The van der Waals surface area contributed by atoms with Gasteiger partial charge in [-0.1, -0.05) is 30.3 Å². The lowest BCUT2D eigenvalue weighted by Gasteiger charge is -2.36. The van der Waals surface area contributed by atoms with Crippen LogP contribution in [0.15, 0.2) is 65.1 Å². The minimum Gasteiger partial charge on any atom is -0.497 e. The summed E-state index contributed by atoms with van der Waals surface area (Å²) in [5, 5.41) is 10.0. The number of carbonyl (C=O) groups is 2. The number of nitriles is 1. The Morgan fingerprint density at radius 2 is 1.68 bits per heavy atom. The zero-order valence-corrected chi connectivity index (χ0v) is 18.9. The number of hydrogen-bond donors (Lipinski definition) is 1. The van der Waals surface area contributed by atoms with E-state index in [-0.39, 0.29) is 34.2 Å². The predicted molar refractivity (Wildman–Crippen MR) is 119 cm³/mol. The van der Waals surface area contributed by atoms with Gasteiger partial charge in [-0.15, -0.1) is 0 Å². The first-order valence-electron chi connectivity index (χ1n) is 9.91. The van der Waals surface area contributed by atoms with Crippen molar-refractivity contribution in [2.75, 3.05) is 33.3 Å². The van der Waals surface area contributed by atoms with Gasteiger partial charge in [0, 0.05) is 12.1 Å². The number of allylic oxidation sites excluding steroid dienone is 1. The smallest absolute Gasteiger partial charge is 0.355 e. The molecule has 1 aliphatic heterocycles. The van der Waals surface area contributed by atoms with Crippen molar-refractivity contribution in [3.63, 3.8) is 0 Å². The summed E-state index contributed by atoms with van der Waals surface area (Å²) in [5.41, 5.74) is 5.82. The largest absolute Gasteiger partial charge is 0.497 e. The van der Waals surface area contributed by atoms with E-state index in [9.17, 15) is 14.9 Å². The molecule has 34 heavy (non-hydrogen) atoms. The third kappa shape index (κ3) is 3.99. The fourth-order valence-corrected chi connectivity index (χ4v) is 3.75. The van der Waals surface area contributed by atoms with E-state index in [4.69, 9.17) is 24.7 Å². The maximum absolute atomic E-state index is 15.5. The van der Waals surface area contributed by atoms with Gasteiger partial charge in [0.1, 0.15) is 17.3 Å². The van der Waals surface area contributed by atoms with Gasteiger partial charge >= 0.3 is 11.9 Å². The third-order valence-corrected chi connectivity index (χ3v) is 5.30. The Morgan fingerprint density at radius 3 is 2.21 bits per heavy atom. The average molecular weight is 467 g/mol. The number of anilines is 1. The lowest BCUT2D eigenvalue weighted by atomic mass is 9.81. The molecule has 2 aromatic rings. The number of benzene rings is 2. The number of methoxy groups -OCH3 is 4. The molecule has 0 bridgehead atoms. The Hall–Kier alpha value is -4.52. The first-order chi connectivity index (χ1) is 16.3. The molecule has 0 fully saturated rings. The van der Waals surface area contributed by atoms with Gasteiger partial charge in [0.15, 0.2) is 11.6 Å². The summed E-state index contributed by atoms with van der Waals surface area (Å²) in [6, 6.07) is 13.0. The molecule has 9 nitrogen and oxygen atoms in total. The van der Waals surface area contributed by atoms with E-state index < -0.39 is 29.4 Å². The van der Waals surface area contributed by atoms with Crippen molar-refractivity contribution in [2.45, 2.75) is 5.92 Å². The van der Waals surface area contributed by atoms with Gasteiger partial charge in [0.25, 0.3) is 0 Å². The lowest BCUT2D eigenvalue weighted by Crippen LogP contribution is -2.41. The van der Waals surface area contributed by atoms with Crippen LogP contribution in [0.4, 0.5) is 10.1 Å². The van der Waals surface area contributed by atoms with E-state index in [0.717, 1.165) is 19.1 Å². The van der Waals surface area contributed by atoms with Gasteiger partial charge in [-0.3, -0.25) is 4.90 Å². The monoisotopic (exact) mass is 467 g/mol. The highest BCUT2D eigenvalue weighted by molar-refractivity contribution is 6.06. The predicted octanol–water partition coefficient (Wildman–Crippen LogP) is 2.74.